The van der Waals surface area contributed by atoms with Gasteiger partial charge >= 0.3 is 0 Å². The Morgan fingerprint density at radius 1 is 1.14 bits per heavy atom. The summed E-state index contributed by atoms with van der Waals surface area (Å²) in [6.45, 7) is 1.35. The molecule has 0 bridgehead atoms. The van der Waals surface area contributed by atoms with E-state index in [2.05, 4.69) is 15.6 Å². The number of ether oxygens (including phenoxy) is 1. The molecule has 2 N–H and O–H groups in total. The van der Waals surface area contributed by atoms with Crippen molar-refractivity contribution in [2.45, 2.75) is 25.5 Å². The predicted octanol–water partition coefficient (Wildman–Crippen LogP) is 2.31. The molecule has 4 rings (SSSR count). The highest BCUT2D eigenvalue weighted by Crippen LogP contribution is 2.15. The Balaban J connectivity index is 1.50. The lowest BCUT2D eigenvalue weighted by molar-refractivity contribution is 0.0855. The van der Waals surface area contributed by atoms with E-state index in [-0.39, 0.29) is 35.9 Å². The van der Waals surface area contributed by atoms with E-state index >= 15 is 0 Å². The zero-order valence-corrected chi connectivity index (χ0v) is 15.7. The number of rotatable bonds is 6. The van der Waals surface area contributed by atoms with Crippen molar-refractivity contribution in [2.75, 3.05) is 13.2 Å². The summed E-state index contributed by atoms with van der Waals surface area (Å²) >= 11 is 0. The fourth-order valence-corrected chi connectivity index (χ4v) is 3.32. The smallest absolute Gasteiger partial charge is 0.287 e. The van der Waals surface area contributed by atoms with Gasteiger partial charge in [0.05, 0.1) is 11.6 Å². The van der Waals surface area contributed by atoms with E-state index in [1.807, 2.05) is 0 Å². The minimum absolute atomic E-state index is 0.0197. The van der Waals surface area contributed by atoms with Crippen LogP contribution in [0.2, 0.25) is 0 Å². The van der Waals surface area contributed by atoms with Gasteiger partial charge in [-0.25, -0.2) is 9.37 Å². The topological polar surface area (TPSA) is 84.7 Å². The molecule has 2 amide bonds. The molecule has 0 radical (unpaired) electrons. The molecule has 1 fully saturated rings. The van der Waals surface area contributed by atoms with Crippen molar-refractivity contribution >= 4 is 17.3 Å². The number of carbonyl (C=O) groups is 2. The maximum atomic E-state index is 13.0. The SMILES string of the molecule is O=C(NCC1CCCO1)c1nc(C(=O)NCc2ccc(F)cc2)n2ccccc12. The highest BCUT2D eigenvalue weighted by atomic mass is 19.1. The highest BCUT2D eigenvalue weighted by molar-refractivity contribution is 6.02. The molecule has 1 atom stereocenters. The van der Waals surface area contributed by atoms with Gasteiger partial charge in [0.1, 0.15) is 5.82 Å². The van der Waals surface area contributed by atoms with Crippen LogP contribution in [0.15, 0.2) is 48.7 Å². The molecular weight excluding hydrogens is 375 g/mol. The van der Waals surface area contributed by atoms with E-state index in [9.17, 15) is 14.0 Å². The molecule has 7 nitrogen and oxygen atoms in total. The number of hydrogen-bond acceptors (Lipinski definition) is 4. The van der Waals surface area contributed by atoms with Crippen LogP contribution in [0.4, 0.5) is 4.39 Å². The predicted molar refractivity (Wildman–Crippen MR) is 104 cm³/mol. The second-order valence-corrected chi connectivity index (χ2v) is 6.89. The van der Waals surface area contributed by atoms with Gasteiger partial charge in [0.2, 0.25) is 5.82 Å². The van der Waals surface area contributed by atoms with Crippen LogP contribution in [-0.2, 0) is 11.3 Å². The number of nitrogens with one attached hydrogen (secondary N) is 2. The first-order valence-corrected chi connectivity index (χ1v) is 9.51. The average Bonchev–Trinajstić information content (AvgIpc) is 3.39. The first kappa shape index (κ1) is 19.1. The Morgan fingerprint density at radius 3 is 2.72 bits per heavy atom. The first-order valence-electron chi connectivity index (χ1n) is 9.51. The van der Waals surface area contributed by atoms with Gasteiger partial charge in [-0.1, -0.05) is 18.2 Å². The van der Waals surface area contributed by atoms with Crippen LogP contribution in [0.5, 0.6) is 0 Å². The molecule has 0 saturated carbocycles. The van der Waals surface area contributed by atoms with Crippen LogP contribution in [0, 0.1) is 5.82 Å². The summed E-state index contributed by atoms with van der Waals surface area (Å²) in [5.41, 5.74) is 1.50. The minimum Gasteiger partial charge on any atom is -0.376 e. The highest BCUT2D eigenvalue weighted by Gasteiger charge is 2.23. The summed E-state index contributed by atoms with van der Waals surface area (Å²) in [5, 5.41) is 5.60. The van der Waals surface area contributed by atoms with E-state index in [1.54, 1.807) is 40.9 Å². The van der Waals surface area contributed by atoms with Crippen LogP contribution in [0.25, 0.3) is 5.52 Å². The lowest BCUT2D eigenvalue weighted by Crippen LogP contribution is -2.32. The standard InChI is InChI=1S/C21H21FN4O3/c22-15-8-6-14(7-9-15)12-23-21(28)19-25-18(17-5-1-2-10-26(17)19)20(27)24-13-16-4-3-11-29-16/h1-2,5-10,16H,3-4,11-13H2,(H,23,28)(H,24,27). The van der Waals surface area contributed by atoms with Gasteiger partial charge in [-0.3, -0.25) is 14.0 Å². The van der Waals surface area contributed by atoms with Crippen molar-refractivity contribution < 1.29 is 18.7 Å². The van der Waals surface area contributed by atoms with Gasteiger partial charge in [-0.2, -0.15) is 0 Å². The quantitative estimate of drug-likeness (QED) is 0.670. The molecule has 29 heavy (non-hydrogen) atoms. The van der Waals surface area contributed by atoms with Gasteiger partial charge in [0.25, 0.3) is 11.8 Å². The molecular formula is C21H21FN4O3. The summed E-state index contributed by atoms with van der Waals surface area (Å²) < 4.78 is 20.1. The largest absolute Gasteiger partial charge is 0.376 e. The number of halogens is 1. The number of fused-ring (bicyclic) bond motifs is 1. The fourth-order valence-electron chi connectivity index (χ4n) is 3.32. The normalized spacial score (nSPS) is 16.1. The molecule has 0 spiro atoms. The average molecular weight is 396 g/mol. The van der Waals surface area contributed by atoms with Crippen LogP contribution in [0.1, 0.15) is 39.5 Å². The minimum atomic E-state index is -0.422. The van der Waals surface area contributed by atoms with Crippen molar-refractivity contribution in [1.82, 2.24) is 20.0 Å². The summed E-state index contributed by atoms with van der Waals surface area (Å²) in [6, 6.07) is 11.2. The maximum absolute atomic E-state index is 13.0. The summed E-state index contributed by atoms with van der Waals surface area (Å²) in [7, 11) is 0. The number of imidazole rings is 1. The van der Waals surface area contributed by atoms with Crippen molar-refractivity contribution in [3.8, 4) is 0 Å². The summed E-state index contributed by atoms with van der Waals surface area (Å²) in [4.78, 5) is 29.6. The zero-order chi connectivity index (χ0) is 20.2. The Morgan fingerprint density at radius 2 is 1.97 bits per heavy atom. The Labute approximate surface area is 166 Å². The van der Waals surface area contributed by atoms with Crippen molar-refractivity contribution in [3.63, 3.8) is 0 Å². The lowest BCUT2D eigenvalue weighted by Gasteiger charge is -2.09. The number of benzene rings is 1. The first-order chi connectivity index (χ1) is 14.1. The van der Waals surface area contributed by atoms with E-state index in [1.165, 1.54) is 12.1 Å². The van der Waals surface area contributed by atoms with E-state index in [0.717, 1.165) is 18.4 Å². The molecule has 8 heteroatoms. The Hall–Kier alpha value is -3.26. The second kappa shape index (κ2) is 8.40. The third-order valence-corrected chi connectivity index (χ3v) is 4.85. The summed E-state index contributed by atoms with van der Waals surface area (Å²) in [5.74, 6) is -0.988. The number of carbonyl (C=O) groups excluding carboxylic acids is 2. The zero-order valence-electron chi connectivity index (χ0n) is 15.7. The van der Waals surface area contributed by atoms with Gasteiger partial charge in [-0.15, -0.1) is 0 Å². The number of amides is 2. The van der Waals surface area contributed by atoms with Crippen LogP contribution >= 0.6 is 0 Å². The van der Waals surface area contributed by atoms with Gasteiger partial charge in [0, 0.05) is 25.9 Å². The molecule has 1 aliphatic rings. The molecule has 3 aromatic rings. The number of nitrogens with zero attached hydrogens (tertiary/aromatic N) is 2. The summed E-state index contributed by atoms with van der Waals surface area (Å²) in [6.07, 6.45) is 3.62. The molecule has 1 saturated heterocycles. The monoisotopic (exact) mass is 396 g/mol. The third kappa shape index (κ3) is 4.27. The van der Waals surface area contributed by atoms with Crippen LogP contribution < -0.4 is 10.6 Å². The molecule has 3 heterocycles. The van der Waals surface area contributed by atoms with Gasteiger partial charge in [0.15, 0.2) is 5.69 Å². The number of hydrogen-bond donors (Lipinski definition) is 2. The fraction of sp³-hybridized carbons (Fsp3) is 0.286. The number of pyridine rings is 1. The molecule has 1 aromatic carbocycles. The van der Waals surface area contributed by atoms with E-state index in [0.29, 0.717) is 18.7 Å². The molecule has 150 valence electrons. The van der Waals surface area contributed by atoms with E-state index in [4.69, 9.17) is 4.74 Å². The Bertz CT molecular complexity index is 1030. The lowest BCUT2D eigenvalue weighted by atomic mass is 10.2. The van der Waals surface area contributed by atoms with Crippen LogP contribution in [-0.4, -0.2) is 40.5 Å². The van der Waals surface area contributed by atoms with Gasteiger partial charge in [-0.05, 0) is 42.7 Å². The maximum Gasteiger partial charge on any atom is 0.287 e. The molecule has 1 unspecified atom stereocenters. The van der Waals surface area contributed by atoms with Crippen molar-refractivity contribution in [2.24, 2.45) is 0 Å². The van der Waals surface area contributed by atoms with Crippen molar-refractivity contribution in [3.05, 3.63) is 71.6 Å². The second-order valence-electron chi connectivity index (χ2n) is 6.89. The molecule has 0 aliphatic carbocycles. The van der Waals surface area contributed by atoms with Gasteiger partial charge < -0.3 is 15.4 Å². The molecule has 2 aromatic heterocycles. The van der Waals surface area contributed by atoms with Crippen LogP contribution in [0.3, 0.4) is 0 Å². The third-order valence-electron chi connectivity index (χ3n) is 4.85. The molecule has 1 aliphatic heterocycles. The van der Waals surface area contributed by atoms with Crippen molar-refractivity contribution in [1.29, 1.82) is 0 Å². The number of aromatic nitrogens is 2. The Kier molecular flexibility index (Phi) is 5.53. The van der Waals surface area contributed by atoms with E-state index < -0.39 is 5.91 Å².